The Labute approximate surface area is 114 Å². The van der Waals surface area contributed by atoms with Crippen LogP contribution in [-0.2, 0) is 6.54 Å². The predicted octanol–water partition coefficient (Wildman–Crippen LogP) is 1.67. The molecular weight excluding hydrogens is 236 g/mol. The summed E-state index contributed by atoms with van der Waals surface area (Å²) in [4.78, 5) is 6.46. The van der Waals surface area contributed by atoms with E-state index in [1.54, 1.807) is 6.20 Å². The molecule has 0 aliphatic carbocycles. The van der Waals surface area contributed by atoms with Gasteiger partial charge in [0.1, 0.15) is 11.8 Å². The van der Waals surface area contributed by atoms with Crippen LogP contribution in [0.25, 0.3) is 0 Å². The number of nitriles is 1. The van der Waals surface area contributed by atoms with E-state index < -0.39 is 0 Å². The molecule has 0 spiro atoms. The molecule has 2 atom stereocenters. The predicted molar refractivity (Wildman–Crippen MR) is 73.4 cm³/mol. The Morgan fingerprint density at radius 1 is 1.42 bits per heavy atom. The summed E-state index contributed by atoms with van der Waals surface area (Å²) in [6.07, 6.45) is 6.91. The minimum Gasteiger partial charge on any atom is -0.311 e. The van der Waals surface area contributed by atoms with Crippen molar-refractivity contribution in [2.75, 3.05) is 7.05 Å². The molecule has 1 aromatic heterocycles. The molecule has 19 heavy (non-hydrogen) atoms. The quantitative estimate of drug-likeness (QED) is 0.893. The lowest BCUT2D eigenvalue weighted by atomic mass is 9.98. The first-order chi connectivity index (χ1) is 9.24. The van der Waals surface area contributed by atoms with E-state index >= 15 is 0 Å². The summed E-state index contributed by atoms with van der Waals surface area (Å²) in [7, 11) is 2.20. The first-order valence-corrected chi connectivity index (χ1v) is 7.06. The lowest BCUT2D eigenvalue weighted by Crippen LogP contribution is -2.46. The highest BCUT2D eigenvalue weighted by molar-refractivity contribution is 5.25. The molecule has 3 rings (SSSR count). The Morgan fingerprint density at radius 2 is 2.16 bits per heavy atom. The van der Waals surface area contributed by atoms with Gasteiger partial charge in [0.15, 0.2) is 0 Å². The maximum Gasteiger partial charge on any atom is 0.140 e. The number of pyridine rings is 1. The summed E-state index contributed by atoms with van der Waals surface area (Å²) < 4.78 is 0. The van der Waals surface area contributed by atoms with Crippen LogP contribution in [0.1, 0.15) is 36.9 Å². The lowest BCUT2D eigenvalue weighted by Gasteiger charge is -2.35. The van der Waals surface area contributed by atoms with Crippen molar-refractivity contribution in [3.63, 3.8) is 0 Å². The van der Waals surface area contributed by atoms with E-state index in [1.165, 1.54) is 31.2 Å². The second-order valence-electron chi connectivity index (χ2n) is 5.84. The van der Waals surface area contributed by atoms with Gasteiger partial charge in [-0.3, -0.25) is 4.90 Å². The van der Waals surface area contributed by atoms with Gasteiger partial charge in [0.2, 0.25) is 0 Å². The summed E-state index contributed by atoms with van der Waals surface area (Å²) in [6.45, 7) is 0.904. The van der Waals surface area contributed by atoms with E-state index in [0.29, 0.717) is 11.7 Å². The maximum atomic E-state index is 8.89. The topological polar surface area (TPSA) is 52.0 Å². The number of piperidine rings is 1. The van der Waals surface area contributed by atoms with Crippen molar-refractivity contribution in [2.45, 2.75) is 50.4 Å². The number of hydrogen-bond acceptors (Lipinski definition) is 4. The minimum absolute atomic E-state index is 0.510. The standard InChI is InChI=1S/C15H20N4/c1-19(10-11-4-5-17-14(6-11)9-16)15-7-12-2-3-13(8-15)18-12/h4-6,12-13,15,18H,2-3,7-8,10H2,1H3. The van der Waals surface area contributed by atoms with Crippen molar-refractivity contribution in [1.82, 2.24) is 15.2 Å². The van der Waals surface area contributed by atoms with Crippen molar-refractivity contribution in [1.29, 1.82) is 5.26 Å². The van der Waals surface area contributed by atoms with E-state index in [0.717, 1.165) is 18.6 Å². The maximum absolute atomic E-state index is 8.89. The van der Waals surface area contributed by atoms with Crippen molar-refractivity contribution in [2.24, 2.45) is 0 Å². The van der Waals surface area contributed by atoms with E-state index in [1.807, 2.05) is 12.1 Å². The van der Waals surface area contributed by atoms with Crippen LogP contribution in [0.15, 0.2) is 18.3 Å². The van der Waals surface area contributed by atoms with Crippen LogP contribution in [0.5, 0.6) is 0 Å². The lowest BCUT2D eigenvalue weighted by molar-refractivity contribution is 0.166. The average Bonchev–Trinajstić information content (AvgIpc) is 2.77. The van der Waals surface area contributed by atoms with Crippen LogP contribution in [0, 0.1) is 11.3 Å². The molecule has 2 aliphatic rings. The number of rotatable bonds is 3. The van der Waals surface area contributed by atoms with E-state index in [4.69, 9.17) is 5.26 Å². The minimum atomic E-state index is 0.510. The van der Waals surface area contributed by atoms with E-state index in [9.17, 15) is 0 Å². The highest BCUT2D eigenvalue weighted by Crippen LogP contribution is 2.29. The highest BCUT2D eigenvalue weighted by atomic mass is 15.2. The molecule has 2 aliphatic heterocycles. The van der Waals surface area contributed by atoms with Gasteiger partial charge in [-0.25, -0.2) is 4.98 Å². The van der Waals surface area contributed by atoms with Crippen LogP contribution < -0.4 is 5.32 Å². The molecule has 0 radical (unpaired) electrons. The SMILES string of the molecule is CN(Cc1ccnc(C#N)c1)C1CC2CCC(C1)N2. The van der Waals surface area contributed by atoms with Crippen LogP contribution in [0.4, 0.5) is 0 Å². The van der Waals surface area contributed by atoms with Gasteiger partial charge in [0, 0.05) is 30.9 Å². The van der Waals surface area contributed by atoms with Crippen molar-refractivity contribution in [3.8, 4) is 6.07 Å². The first kappa shape index (κ1) is 12.6. The normalized spacial score (nSPS) is 29.4. The van der Waals surface area contributed by atoms with Gasteiger partial charge in [-0.1, -0.05) is 0 Å². The molecule has 0 saturated carbocycles. The fraction of sp³-hybridized carbons (Fsp3) is 0.600. The molecule has 1 N–H and O–H groups in total. The molecule has 2 unspecified atom stereocenters. The van der Waals surface area contributed by atoms with Gasteiger partial charge in [-0.05, 0) is 50.4 Å². The number of aromatic nitrogens is 1. The number of nitrogens with zero attached hydrogens (tertiary/aromatic N) is 3. The molecule has 0 aromatic carbocycles. The Balaban J connectivity index is 1.64. The largest absolute Gasteiger partial charge is 0.311 e. The molecule has 2 bridgehead atoms. The molecule has 3 heterocycles. The van der Waals surface area contributed by atoms with Crippen LogP contribution in [-0.4, -0.2) is 35.1 Å². The van der Waals surface area contributed by atoms with Crippen LogP contribution >= 0.6 is 0 Å². The fourth-order valence-electron chi connectivity index (χ4n) is 3.44. The zero-order chi connectivity index (χ0) is 13.2. The zero-order valence-corrected chi connectivity index (χ0v) is 11.3. The first-order valence-electron chi connectivity index (χ1n) is 7.06. The molecule has 100 valence electrons. The highest BCUT2D eigenvalue weighted by Gasteiger charge is 2.34. The van der Waals surface area contributed by atoms with Crippen LogP contribution in [0.3, 0.4) is 0 Å². The second kappa shape index (κ2) is 5.28. The number of nitrogens with one attached hydrogen (secondary N) is 1. The summed E-state index contributed by atoms with van der Waals surface area (Å²) >= 11 is 0. The van der Waals surface area contributed by atoms with Crippen molar-refractivity contribution < 1.29 is 0 Å². The number of fused-ring (bicyclic) bond motifs is 2. The Kier molecular flexibility index (Phi) is 3.50. The van der Waals surface area contributed by atoms with Crippen LogP contribution in [0.2, 0.25) is 0 Å². The molecule has 4 nitrogen and oxygen atoms in total. The van der Waals surface area contributed by atoms with Crippen molar-refractivity contribution >= 4 is 0 Å². The third-order valence-corrected chi connectivity index (χ3v) is 4.44. The summed E-state index contributed by atoms with van der Waals surface area (Å²) in [6, 6.07) is 8.11. The van der Waals surface area contributed by atoms with E-state index in [-0.39, 0.29) is 0 Å². The molecule has 2 fully saturated rings. The van der Waals surface area contributed by atoms with Gasteiger partial charge >= 0.3 is 0 Å². The second-order valence-corrected chi connectivity index (χ2v) is 5.84. The monoisotopic (exact) mass is 256 g/mol. The molecule has 4 heteroatoms. The molecule has 0 amide bonds. The summed E-state index contributed by atoms with van der Waals surface area (Å²) in [5.74, 6) is 0. The van der Waals surface area contributed by atoms with Gasteiger partial charge in [-0.2, -0.15) is 5.26 Å². The molecular formula is C15H20N4. The fourth-order valence-corrected chi connectivity index (χ4v) is 3.44. The van der Waals surface area contributed by atoms with Gasteiger partial charge in [0.25, 0.3) is 0 Å². The molecule has 2 saturated heterocycles. The van der Waals surface area contributed by atoms with Crippen molar-refractivity contribution in [3.05, 3.63) is 29.6 Å². The third kappa shape index (κ3) is 2.78. The summed E-state index contributed by atoms with van der Waals surface area (Å²) in [5, 5.41) is 12.6. The smallest absolute Gasteiger partial charge is 0.140 e. The zero-order valence-electron chi connectivity index (χ0n) is 11.3. The van der Waals surface area contributed by atoms with Gasteiger partial charge in [-0.15, -0.1) is 0 Å². The molecule has 1 aromatic rings. The third-order valence-electron chi connectivity index (χ3n) is 4.44. The Morgan fingerprint density at radius 3 is 2.84 bits per heavy atom. The van der Waals surface area contributed by atoms with E-state index in [2.05, 4.69) is 28.3 Å². The Bertz CT molecular complexity index is 481. The average molecular weight is 256 g/mol. The summed E-state index contributed by atoms with van der Waals surface area (Å²) in [5.41, 5.74) is 1.69. The number of hydrogen-bond donors (Lipinski definition) is 1. The van der Waals surface area contributed by atoms with Gasteiger partial charge in [0.05, 0.1) is 0 Å². The Hall–Kier alpha value is -1.44. The van der Waals surface area contributed by atoms with Gasteiger partial charge < -0.3 is 5.32 Å².